The zero-order valence-electron chi connectivity index (χ0n) is 8.75. The van der Waals surface area contributed by atoms with E-state index in [4.69, 9.17) is 16.3 Å². The summed E-state index contributed by atoms with van der Waals surface area (Å²) in [5.74, 6) is 0. The van der Waals surface area contributed by atoms with Crippen molar-refractivity contribution < 1.29 is 18.7 Å². The van der Waals surface area contributed by atoms with Crippen LogP contribution in [-0.4, -0.2) is 24.0 Å². The Morgan fingerprint density at radius 2 is 2.20 bits per heavy atom. The van der Waals surface area contributed by atoms with Crippen LogP contribution in [0.5, 0.6) is 0 Å². The predicted octanol–water partition coefficient (Wildman–Crippen LogP) is 3.40. The number of alkyl halides is 2. The largest absolute Gasteiger partial charge is 0.510 e. The van der Waals surface area contributed by atoms with Gasteiger partial charge in [0, 0.05) is 0 Å². The molecule has 0 radical (unpaired) electrons. The van der Waals surface area contributed by atoms with Gasteiger partial charge in [0.15, 0.2) is 5.56 Å². The first-order valence-corrected chi connectivity index (χ1v) is 5.72. The standard InChI is InChI=1S/C10H16ClFO3/c1-2-9(11)15-10(13)14-8-6-4-3-5-7(8)12/h7-9H,2-6H2,1H3/t7-,8-,9?/m1/s1. The lowest BCUT2D eigenvalue weighted by molar-refractivity contribution is -0.0265. The number of hydrogen-bond acceptors (Lipinski definition) is 3. The number of hydrogen-bond donors (Lipinski definition) is 0. The van der Waals surface area contributed by atoms with Crippen LogP contribution in [0.25, 0.3) is 0 Å². The Morgan fingerprint density at radius 1 is 1.53 bits per heavy atom. The van der Waals surface area contributed by atoms with Gasteiger partial charge >= 0.3 is 6.16 Å². The first-order valence-electron chi connectivity index (χ1n) is 5.29. The lowest BCUT2D eigenvalue weighted by Gasteiger charge is -2.25. The van der Waals surface area contributed by atoms with E-state index in [1.54, 1.807) is 6.92 Å². The van der Waals surface area contributed by atoms with Gasteiger partial charge in [0.05, 0.1) is 0 Å². The van der Waals surface area contributed by atoms with E-state index in [9.17, 15) is 9.18 Å². The monoisotopic (exact) mass is 238 g/mol. The van der Waals surface area contributed by atoms with Gasteiger partial charge in [0.25, 0.3) is 0 Å². The van der Waals surface area contributed by atoms with Gasteiger partial charge in [-0.05, 0) is 25.7 Å². The normalized spacial score (nSPS) is 28.2. The highest BCUT2D eigenvalue weighted by Gasteiger charge is 2.29. The number of rotatable bonds is 3. The van der Waals surface area contributed by atoms with Gasteiger partial charge in [-0.3, -0.25) is 0 Å². The zero-order valence-corrected chi connectivity index (χ0v) is 9.50. The lowest BCUT2D eigenvalue weighted by atomic mass is 9.96. The average Bonchev–Trinajstić information content (AvgIpc) is 2.21. The fraction of sp³-hybridized carbons (Fsp3) is 0.900. The number of carbonyl (C=O) groups is 1. The summed E-state index contributed by atoms with van der Waals surface area (Å²) in [4.78, 5) is 11.1. The first-order chi connectivity index (χ1) is 7.13. The van der Waals surface area contributed by atoms with Crippen LogP contribution in [0.15, 0.2) is 0 Å². The second kappa shape index (κ2) is 6.16. The van der Waals surface area contributed by atoms with E-state index in [2.05, 4.69) is 4.74 Å². The molecular weight excluding hydrogens is 223 g/mol. The van der Waals surface area contributed by atoms with Gasteiger partial charge in [0.1, 0.15) is 12.3 Å². The molecular formula is C10H16ClFO3. The summed E-state index contributed by atoms with van der Waals surface area (Å²) in [5.41, 5.74) is -0.695. The third-order valence-electron chi connectivity index (χ3n) is 2.41. The molecule has 1 saturated carbocycles. The van der Waals surface area contributed by atoms with Crippen molar-refractivity contribution in [2.45, 2.75) is 56.9 Å². The van der Waals surface area contributed by atoms with Crippen LogP contribution in [0.4, 0.5) is 9.18 Å². The van der Waals surface area contributed by atoms with E-state index in [0.717, 1.165) is 12.8 Å². The summed E-state index contributed by atoms with van der Waals surface area (Å²) in [5, 5.41) is 0. The van der Waals surface area contributed by atoms with Crippen LogP contribution in [0.1, 0.15) is 39.0 Å². The molecule has 5 heteroatoms. The highest BCUT2D eigenvalue weighted by molar-refractivity contribution is 6.20. The fourth-order valence-corrected chi connectivity index (χ4v) is 1.60. The summed E-state index contributed by atoms with van der Waals surface area (Å²) in [6.45, 7) is 1.78. The molecule has 0 saturated heterocycles. The lowest BCUT2D eigenvalue weighted by Crippen LogP contribution is -2.32. The van der Waals surface area contributed by atoms with Crippen molar-refractivity contribution in [3.05, 3.63) is 0 Å². The van der Waals surface area contributed by atoms with Gasteiger partial charge in [-0.25, -0.2) is 9.18 Å². The quantitative estimate of drug-likeness (QED) is 0.558. The maximum atomic E-state index is 13.3. The van der Waals surface area contributed by atoms with Gasteiger partial charge < -0.3 is 9.47 Å². The minimum Gasteiger partial charge on any atom is -0.428 e. The number of carbonyl (C=O) groups excluding carboxylic acids is 1. The molecule has 3 nitrogen and oxygen atoms in total. The highest BCUT2D eigenvalue weighted by Crippen LogP contribution is 2.24. The molecule has 1 aliphatic rings. The van der Waals surface area contributed by atoms with Crippen molar-refractivity contribution in [2.75, 3.05) is 0 Å². The molecule has 3 atom stereocenters. The van der Waals surface area contributed by atoms with Crippen molar-refractivity contribution >= 4 is 17.8 Å². The van der Waals surface area contributed by atoms with E-state index in [1.807, 2.05) is 0 Å². The summed E-state index contributed by atoms with van der Waals surface area (Å²) in [7, 11) is 0. The van der Waals surface area contributed by atoms with E-state index in [1.165, 1.54) is 0 Å². The molecule has 0 heterocycles. The van der Waals surface area contributed by atoms with Crippen molar-refractivity contribution in [2.24, 2.45) is 0 Å². The molecule has 1 unspecified atom stereocenters. The van der Waals surface area contributed by atoms with E-state index in [-0.39, 0.29) is 0 Å². The molecule has 0 amide bonds. The molecule has 0 spiro atoms. The van der Waals surface area contributed by atoms with Gasteiger partial charge in [-0.15, -0.1) is 0 Å². The summed E-state index contributed by atoms with van der Waals surface area (Å²) in [6.07, 6.45) is 0.658. The molecule has 1 aliphatic carbocycles. The summed E-state index contributed by atoms with van der Waals surface area (Å²) >= 11 is 5.60. The van der Waals surface area contributed by atoms with Crippen LogP contribution in [0.2, 0.25) is 0 Å². The Bertz CT molecular complexity index is 213. The first kappa shape index (κ1) is 12.6. The van der Waals surface area contributed by atoms with Crippen LogP contribution in [0, 0.1) is 0 Å². The molecule has 1 fully saturated rings. The third-order valence-corrected chi connectivity index (χ3v) is 2.81. The van der Waals surface area contributed by atoms with Crippen LogP contribution < -0.4 is 0 Å². The SMILES string of the molecule is CCC(Cl)OC(=O)O[C@@H]1CCCC[C@H]1F. The van der Waals surface area contributed by atoms with Crippen molar-refractivity contribution in [3.63, 3.8) is 0 Å². The predicted molar refractivity (Wildman–Crippen MR) is 54.7 cm³/mol. The Hall–Kier alpha value is -0.510. The summed E-state index contributed by atoms with van der Waals surface area (Å²) in [6, 6.07) is 0. The second-order valence-electron chi connectivity index (χ2n) is 3.64. The van der Waals surface area contributed by atoms with E-state index < -0.39 is 24.0 Å². The third kappa shape index (κ3) is 4.24. The molecule has 0 aromatic carbocycles. The molecule has 0 aromatic heterocycles. The van der Waals surface area contributed by atoms with Crippen LogP contribution in [0.3, 0.4) is 0 Å². The minimum atomic E-state index is -1.07. The smallest absolute Gasteiger partial charge is 0.428 e. The molecule has 0 aliphatic heterocycles. The molecule has 1 rings (SSSR count). The molecule has 0 bridgehead atoms. The Labute approximate surface area is 93.9 Å². The number of halogens is 2. The Morgan fingerprint density at radius 3 is 2.80 bits per heavy atom. The van der Waals surface area contributed by atoms with E-state index >= 15 is 0 Å². The second-order valence-corrected chi connectivity index (χ2v) is 4.13. The van der Waals surface area contributed by atoms with Crippen LogP contribution in [-0.2, 0) is 9.47 Å². The maximum absolute atomic E-state index is 13.3. The summed E-state index contributed by atoms with van der Waals surface area (Å²) < 4.78 is 22.8. The molecule has 0 N–H and O–H groups in total. The topological polar surface area (TPSA) is 35.5 Å². The molecule has 15 heavy (non-hydrogen) atoms. The Kier molecular flexibility index (Phi) is 5.15. The maximum Gasteiger partial charge on any atom is 0.510 e. The highest BCUT2D eigenvalue weighted by atomic mass is 35.5. The van der Waals surface area contributed by atoms with Crippen LogP contribution >= 0.6 is 11.6 Å². The van der Waals surface area contributed by atoms with Gasteiger partial charge in [-0.1, -0.05) is 24.9 Å². The van der Waals surface area contributed by atoms with Gasteiger partial charge in [0.2, 0.25) is 0 Å². The average molecular weight is 239 g/mol. The Balaban J connectivity index is 2.29. The van der Waals surface area contributed by atoms with Crippen molar-refractivity contribution in [3.8, 4) is 0 Å². The minimum absolute atomic E-state index is 0.454. The van der Waals surface area contributed by atoms with Crippen molar-refractivity contribution in [1.29, 1.82) is 0 Å². The van der Waals surface area contributed by atoms with E-state index in [0.29, 0.717) is 19.3 Å². The fourth-order valence-electron chi connectivity index (χ4n) is 1.52. The number of ether oxygens (including phenoxy) is 2. The van der Waals surface area contributed by atoms with Gasteiger partial charge in [-0.2, -0.15) is 0 Å². The van der Waals surface area contributed by atoms with Crippen molar-refractivity contribution in [1.82, 2.24) is 0 Å². The molecule has 88 valence electrons. The molecule has 0 aromatic rings. The zero-order chi connectivity index (χ0) is 11.3.